The largest absolute Gasteiger partial charge is 0.497 e. The van der Waals surface area contributed by atoms with Gasteiger partial charge in [-0.2, -0.15) is 0 Å². The lowest BCUT2D eigenvalue weighted by Crippen LogP contribution is -2.08. The van der Waals surface area contributed by atoms with Crippen LogP contribution in [-0.4, -0.2) is 38.0 Å². The van der Waals surface area contributed by atoms with Gasteiger partial charge >= 0.3 is 0 Å². The summed E-state index contributed by atoms with van der Waals surface area (Å²) in [4.78, 5) is 13.2. The first-order valence-electron chi connectivity index (χ1n) is 11.3. The number of aromatic nitrogens is 4. The lowest BCUT2D eigenvalue weighted by Gasteiger charge is -2.14. The number of thioether (sulfide) groups is 1. The molecule has 0 amide bonds. The summed E-state index contributed by atoms with van der Waals surface area (Å²) in [5, 5.41) is 9.58. The Labute approximate surface area is 205 Å². The number of Topliss-reactive ketones (excluding diaryl/α,β-unsaturated/α-hetero) is 1. The molecule has 4 rings (SSSR count). The van der Waals surface area contributed by atoms with Gasteiger partial charge in [0.15, 0.2) is 16.8 Å². The maximum Gasteiger partial charge on any atom is 0.192 e. The van der Waals surface area contributed by atoms with Crippen LogP contribution in [0.4, 0.5) is 0 Å². The van der Waals surface area contributed by atoms with Crippen molar-refractivity contribution in [1.82, 2.24) is 19.3 Å². The van der Waals surface area contributed by atoms with Crippen LogP contribution < -0.4 is 4.74 Å². The molecule has 0 bridgehead atoms. The van der Waals surface area contributed by atoms with Crippen molar-refractivity contribution in [2.45, 2.75) is 45.8 Å². The molecule has 0 aliphatic carbocycles. The minimum absolute atomic E-state index is 0.0840. The highest BCUT2D eigenvalue weighted by molar-refractivity contribution is 7.99. The molecular formula is C27H30N4O2S. The van der Waals surface area contributed by atoms with Crippen molar-refractivity contribution in [2.24, 2.45) is 0 Å². The van der Waals surface area contributed by atoms with Crippen LogP contribution in [0.5, 0.6) is 5.75 Å². The van der Waals surface area contributed by atoms with E-state index >= 15 is 0 Å². The van der Waals surface area contributed by atoms with Crippen molar-refractivity contribution in [3.05, 3.63) is 77.1 Å². The maximum absolute atomic E-state index is 13.2. The molecule has 0 saturated carbocycles. The summed E-state index contributed by atoms with van der Waals surface area (Å²) in [5.74, 6) is 1.96. The molecule has 2 aromatic carbocycles. The number of methoxy groups -OCH3 is 1. The van der Waals surface area contributed by atoms with E-state index in [2.05, 4.69) is 64.4 Å². The minimum atomic E-state index is 0.0840. The number of ketones is 1. The van der Waals surface area contributed by atoms with Gasteiger partial charge < -0.3 is 9.30 Å². The van der Waals surface area contributed by atoms with Crippen molar-refractivity contribution < 1.29 is 9.53 Å². The second kappa shape index (κ2) is 9.89. The zero-order chi connectivity index (χ0) is 24.4. The number of hydrogen-bond donors (Lipinski definition) is 0. The predicted molar refractivity (Wildman–Crippen MR) is 137 cm³/mol. The summed E-state index contributed by atoms with van der Waals surface area (Å²) in [6.45, 7) is 10.3. The molecular weight excluding hydrogens is 444 g/mol. The van der Waals surface area contributed by atoms with E-state index in [0.29, 0.717) is 5.75 Å². The minimum Gasteiger partial charge on any atom is -0.497 e. The van der Waals surface area contributed by atoms with Crippen LogP contribution in [0.25, 0.3) is 17.1 Å². The van der Waals surface area contributed by atoms with E-state index in [9.17, 15) is 4.79 Å². The van der Waals surface area contributed by atoms with E-state index < -0.39 is 0 Å². The first-order valence-corrected chi connectivity index (χ1v) is 12.3. The first-order chi connectivity index (χ1) is 16.3. The summed E-state index contributed by atoms with van der Waals surface area (Å²) in [6.07, 6.45) is 0. The molecule has 0 radical (unpaired) electrons. The van der Waals surface area contributed by atoms with Crippen LogP contribution in [0, 0.1) is 20.8 Å². The molecule has 7 heteroatoms. The zero-order valence-electron chi connectivity index (χ0n) is 20.5. The van der Waals surface area contributed by atoms with Crippen LogP contribution in [0.15, 0.2) is 59.8 Å². The molecule has 2 heterocycles. The van der Waals surface area contributed by atoms with Crippen LogP contribution in [-0.2, 0) is 0 Å². The van der Waals surface area contributed by atoms with Crippen LogP contribution in [0.2, 0.25) is 0 Å². The maximum atomic E-state index is 13.2. The number of benzene rings is 2. The molecule has 0 N–H and O–H groups in total. The Morgan fingerprint density at radius 3 is 2.29 bits per heavy atom. The SMILES string of the molecule is COc1ccc(-c2nnc(SCC(=O)c3cc(C)n(-c4ccc(C)cc4)c3C)n2C(C)C)cc1. The molecule has 0 unspecified atom stereocenters. The lowest BCUT2D eigenvalue weighted by molar-refractivity contribution is 0.102. The number of aryl methyl sites for hydroxylation is 2. The number of rotatable bonds is 8. The highest BCUT2D eigenvalue weighted by Crippen LogP contribution is 2.30. The lowest BCUT2D eigenvalue weighted by atomic mass is 10.2. The predicted octanol–water partition coefficient (Wildman–Crippen LogP) is 6.23. The average molecular weight is 475 g/mol. The van der Waals surface area contributed by atoms with Gasteiger partial charge in [-0.1, -0.05) is 29.5 Å². The van der Waals surface area contributed by atoms with Gasteiger partial charge in [0.1, 0.15) is 5.75 Å². The quantitative estimate of drug-likeness (QED) is 0.224. The first kappa shape index (κ1) is 23.8. The van der Waals surface area contributed by atoms with Crippen molar-refractivity contribution in [1.29, 1.82) is 0 Å². The number of carbonyl (C=O) groups excluding carboxylic acids is 1. The topological polar surface area (TPSA) is 61.9 Å². The fraction of sp³-hybridized carbons (Fsp3) is 0.296. The number of nitrogens with zero attached hydrogens (tertiary/aromatic N) is 4. The summed E-state index contributed by atoms with van der Waals surface area (Å²) < 4.78 is 9.48. The third-order valence-electron chi connectivity index (χ3n) is 5.89. The second-order valence-electron chi connectivity index (χ2n) is 8.67. The van der Waals surface area contributed by atoms with Crippen molar-refractivity contribution >= 4 is 17.5 Å². The van der Waals surface area contributed by atoms with Crippen LogP contribution in [0.1, 0.15) is 47.2 Å². The molecule has 2 aromatic heterocycles. The highest BCUT2D eigenvalue weighted by atomic mass is 32.2. The normalized spacial score (nSPS) is 11.3. The van der Waals surface area contributed by atoms with Gasteiger partial charge in [-0.25, -0.2) is 0 Å². The standard InChI is InChI=1S/C27H30N4O2S/c1-17(2)30-26(21-9-13-23(33-6)14-10-21)28-29-27(30)34-16-25(32)24-15-19(4)31(20(24)5)22-11-7-18(3)8-12-22/h7-15,17H,16H2,1-6H3. The smallest absolute Gasteiger partial charge is 0.192 e. The van der Waals surface area contributed by atoms with Crippen molar-refractivity contribution in [2.75, 3.05) is 12.9 Å². The zero-order valence-corrected chi connectivity index (χ0v) is 21.3. The molecule has 0 spiro atoms. The molecule has 4 aromatic rings. The fourth-order valence-corrected chi connectivity index (χ4v) is 5.07. The van der Waals surface area contributed by atoms with Gasteiger partial charge in [-0.05, 0) is 77.1 Å². The van der Waals surface area contributed by atoms with E-state index in [1.54, 1.807) is 7.11 Å². The van der Waals surface area contributed by atoms with Crippen LogP contribution in [0.3, 0.4) is 0 Å². The monoisotopic (exact) mass is 474 g/mol. The van der Waals surface area contributed by atoms with E-state index in [1.165, 1.54) is 17.3 Å². The average Bonchev–Trinajstić information content (AvgIpc) is 3.39. The molecule has 0 saturated heterocycles. The Morgan fingerprint density at radius 2 is 1.68 bits per heavy atom. The number of carbonyl (C=O) groups is 1. The Hall–Kier alpha value is -3.32. The third kappa shape index (κ3) is 4.66. The second-order valence-corrected chi connectivity index (χ2v) is 9.61. The summed E-state index contributed by atoms with van der Waals surface area (Å²) in [6, 6.07) is 18.3. The van der Waals surface area contributed by atoms with Crippen LogP contribution >= 0.6 is 11.8 Å². The molecule has 176 valence electrons. The van der Waals surface area contributed by atoms with E-state index in [1.807, 2.05) is 44.2 Å². The van der Waals surface area contributed by atoms with Crippen molar-refractivity contribution in [3.63, 3.8) is 0 Å². The van der Waals surface area contributed by atoms with Gasteiger partial charge in [0.05, 0.1) is 12.9 Å². The van der Waals surface area contributed by atoms with E-state index in [-0.39, 0.29) is 11.8 Å². The Morgan fingerprint density at radius 1 is 1.00 bits per heavy atom. The summed E-state index contributed by atoms with van der Waals surface area (Å²) >= 11 is 1.43. The van der Waals surface area contributed by atoms with Gasteiger partial charge in [0, 0.05) is 34.2 Å². The molecule has 34 heavy (non-hydrogen) atoms. The van der Waals surface area contributed by atoms with Gasteiger partial charge in [0.2, 0.25) is 0 Å². The van der Waals surface area contributed by atoms with Gasteiger partial charge in [-0.15, -0.1) is 10.2 Å². The van der Waals surface area contributed by atoms with Gasteiger partial charge in [0.25, 0.3) is 0 Å². The van der Waals surface area contributed by atoms with Crippen molar-refractivity contribution in [3.8, 4) is 22.8 Å². The number of hydrogen-bond acceptors (Lipinski definition) is 5. The highest BCUT2D eigenvalue weighted by Gasteiger charge is 2.21. The van der Waals surface area contributed by atoms with E-state index in [4.69, 9.17) is 4.74 Å². The molecule has 0 atom stereocenters. The Bertz CT molecular complexity index is 1300. The summed E-state index contributed by atoms with van der Waals surface area (Å²) in [5.41, 5.74) is 5.98. The van der Waals surface area contributed by atoms with Gasteiger partial charge in [-0.3, -0.25) is 9.36 Å². The third-order valence-corrected chi connectivity index (χ3v) is 6.83. The molecule has 0 fully saturated rings. The van der Waals surface area contributed by atoms with E-state index in [0.717, 1.165) is 44.9 Å². The molecule has 6 nitrogen and oxygen atoms in total. The Balaban J connectivity index is 1.56. The molecule has 0 aliphatic heterocycles. The molecule has 0 aliphatic rings. The number of ether oxygens (including phenoxy) is 1. The Kier molecular flexibility index (Phi) is 6.93. The summed E-state index contributed by atoms with van der Waals surface area (Å²) in [7, 11) is 1.65. The fourth-order valence-electron chi connectivity index (χ4n) is 4.12.